The maximum Gasteiger partial charge on any atom is 0.129 e. The van der Waals surface area contributed by atoms with Crippen molar-refractivity contribution in [1.82, 2.24) is 0 Å². The van der Waals surface area contributed by atoms with Crippen LogP contribution in [0.2, 0.25) is 0 Å². The third-order valence-electron chi connectivity index (χ3n) is 0.647. The van der Waals surface area contributed by atoms with E-state index in [0.717, 1.165) is 0 Å². The van der Waals surface area contributed by atoms with Crippen LogP contribution in [0.4, 0.5) is 3.89 Å². The summed E-state index contributed by atoms with van der Waals surface area (Å²) >= 11 is 0.0786. The van der Waals surface area contributed by atoms with E-state index in [1.165, 1.54) is 24.4 Å². The van der Waals surface area contributed by atoms with Gasteiger partial charge < -0.3 is 0 Å². The van der Waals surface area contributed by atoms with Gasteiger partial charge in [-0.1, -0.05) is 25.3 Å². The molecule has 0 N–H and O–H groups in total. The third kappa shape index (κ3) is 4.09. The molecular weight excluding hydrogens is 149 g/mol. The molecule has 0 aromatic carbocycles. The van der Waals surface area contributed by atoms with Crippen molar-refractivity contribution in [2.45, 2.75) is 0 Å². The fraction of sp³-hybridized carbons (Fsp3) is 0. The molecule has 54 valence electrons. The van der Waals surface area contributed by atoms with Crippen LogP contribution in [0, 0.1) is 0 Å². The molecule has 0 heterocycles. The molecule has 10 heavy (non-hydrogen) atoms. The molecule has 0 rings (SSSR count). The van der Waals surface area contributed by atoms with Crippen LogP contribution in [0.3, 0.4) is 0 Å². The van der Waals surface area contributed by atoms with Crippen LogP contribution in [0.25, 0.3) is 0 Å². The SMILES string of the molecule is C=C/C=N\C(=C/C=C)SF. The van der Waals surface area contributed by atoms with Gasteiger partial charge in [0.15, 0.2) is 0 Å². The minimum atomic E-state index is 0.0786. The highest BCUT2D eigenvalue weighted by molar-refractivity contribution is 7.98. The Morgan fingerprint density at radius 3 is 2.50 bits per heavy atom. The van der Waals surface area contributed by atoms with Gasteiger partial charge in [0.25, 0.3) is 0 Å². The van der Waals surface area contributed by atoms with Crippen molar-refractivity contribution in [3.63, 3.8) is 0 Å². The summed E-state index contributed by atoms with van der Waals surface area (Å²) < 4.78 is 11.8. The fourth-order valence-corrected chi connectivity index (χ4v) is 0.564. The summed E-state index contributed by atoms with van der Waals surface area (Å²) in [5.41, 5.74) is 0. The fourth-order valence-electron chi connectivity index (χ4n) is 0.316. The molecule has 0 bridgehead atoms. The summed E-state index contributed by atoms with van der Waals surface area (Å²) in [7, 11) is 0. The summed E-state index contributed by atoms with van der Waals surface area (Å²) in [5, 5.41) is 0.273. The van der Waals surface area contributed by atoms with Crippen LogP contribution in [0.15, 0.2) is 41.4 Å². The number of halogens is 1. The van der Waals surface area contributed by atoms with Gasteiger partial charge >= 0.3 is 0 Å². The third-order valence-corrected chi connectivity index (χ3v) is 1.05. The smallest absolute Gasteiger partial charge is 0.129 e. The first-order valence-electron chi connectivity index (χ1n) is 2.61. The van der Waals surface area contributed by atoms with Crippen molar-refractivity contribution in [2.24, 2.45) is 4.99 Å². The summed E-state index contributed by atoms with van der Waals surface area (Å²) in [6.07, 6.45) is 5.85. The van der Waals surface area contributed by atoms with Crippen LogP contribution in [-0.2, 0) is 0 Å². The van der Waals surface area contributed by atoms with Crippen molar-refractivity contribution in [3.8, 4) is 0 Å². The second-order valence-corrected chi connectivity index (χ2v) is 1.90. The zero-order valence-electron chi connectivity index (χ0n) is 5.46. The lowest BCUT2D eigenvalue weighted by Crippen LogP contribution is -1.67. The van der Waals surface area contributed by atoms with E-state index in [0.29, 0.717) is 0 Å². The van der Waals surface area contributed by atoms with Gasteiger partial charge in [0, 0.05) is 6.21 Å². The van der Waals surface area contributed by atoms with Gasteiger partial charge in [-0.15, -0.1) is 0 Å². The Labute approximate surface area is 64.3 Å². The van der Waals surface area contributed by atoms with E-state index in [1.807, 2.05) is 0 Å². The number of hydrogen-bond donors (Lipinski definition) is 0. The van der Waals surface area contributed by atoms with Crippen molar-refractivity contribution < 1.29 is 3.89 Å². The van der Waals surface area contributed by atoms with Crippen LogP contribution in [0.5, 0.6) is 0 Å². The molecule has 0 aromatic heterocycles. The average molecular weight is 157 g/mol. The number of nitrogens with zero attached hydrogens (tertiary/aromatic N) is 1. The topological polar surface area (TPSA) is 12.4 Å². The molecule has 0 saturated heterocycles. The quantitative estimate of drug-likeness (QED) is 0.451. The normalized spacial score (nSPS) is 11.9. The second-order valence-electron chi connectivity index (χ2n) is 1.33. The summed E-state index contributed by atoms with van der Waals surface area (Å²) in [6.45, 7) is 6.79. The first-order valence-corrected chi connectivity index (χ1v) is 3.33. The summed E-state index contributed by atoms with van der Waals surface area (Å²) in [6, 6.07) is 0. The van der Waals surface area contributed by atoms with Crippen molar-refractivity contribution >= 4 is 18.4 Å². The van der Waals surface area contributed by atoms with E-state index in [4.69, 9.17) is 0 Å². The zero-order valence-corrected chi connectivity index (χ0v) is 6.27. The van der Waals surface area contributed by atoms with Crippen molar-refractivity contribution in [2.75, 3.05) is 0 Å². The molecule has 0 spiro atoms. The molecule has 0 atom stereocenters. The van der Waals surface area contributed by atoms with Gasteiger partial charge in [0.05, 0.1) is 0 Å². The molecule has 0 aromatic rings. The lowest BCUT2D eigenvalue weighted by molar-refractivity contribution is 0.942. The highest BCUT2D eigenvalue weighted by Gasteiger charge is 1.88. The zero-order chi connectivity index (χ0) is 7.82. The highest BCUT2D eigenvalue weighted by atomic mass is 32.2. The summed E-state index contributed by atoms with van der Waals surface area (Å²) in [4.78, 5) is 3.69. The summed E-state index contributed by atoms with van der Waals surface area (Å²) in [5.74, 6) is 0. The Balaban J connectivity index is 4.06. The van der Waals surface area contributed by atoms with E-state index < -0.39 is 0 Å². The Hall–Kier alpha value is -0.830. The second kappa shape index (κ2) is 6.29. The molecule has 0 fully saturated rings. The van der Waals surface area contributed by atoms with Crippen LogP contribution in [-0.4, -0.2) is 6.21 Å². The van der Waals surface area contributed by atoms with Crippen molar-refractivity contribution in [1.29, 1.82) is 0 Å². The lowest BCUT2D eigenvalue weighted by atomic mass is 10.6. The standard InChI is InChI=1S/C7H8FNS/c1-3-5-7(10-8)9-6-4-2/h3-6H,1-2H2/b7-5+,9-6-. The first kappa shape index (κ1) is 9.17. The Morgan fingerprint density at radius 1 is 1.40 bits per heavy atom. The molecule has 0 aliphatic heterocycles. The Bertz CT molecular complexity index is 172. The minimum Gasteiger partial charge on any atom is -0.247 e. The van der Waals surface area contributed by atoms with Gasteiger partial charge in [0.2, 0.25) is 0 Å². The molecule has 3 heteroatoms. The Morgan fingerprint density at radius 2 is 2.10 bits per heavy atom. The van der Waals surface area contributed by atoms with E-state index in [1.54, 1.807) is 0 Å². The molecule has 0 radical (unpaired) electrons. The number of allylic oxidation sites excluding steroid dienone is 3. The molecule has 0 aliphatic carbocycles. The predicted octanol–water partition coefficient (Wildman–Crippen LogP) is 2.89. The van der Waals surface area contributed by atoms with Crippen LogP contribution >= 0.6 is 12.1 Å². The van der Waals surface area contributed by atoms with Crippen LogP contribution in [0.1, 0.15) is 0 Å². The average Bonchev–Trinajstić information content (AvgIpc) is 1.98. The van der Waals surface area contributed by atoms with Gasteiger partial charge in [-0.05, 0) is 6.08 Å². The van der Waals surface area contributed by atoms with Gasteiger partial charge in [-0.25, -0.2) is 4.99 Å². The van der Waals surface area contributed by atoms with Gasteiger partial charge in [-0.3, -0.25) is 0 Å². The maximum atomic E-state index is 11.8. The first-order chi connectivity index (χ1) is 4.85. The molecular formula is C7H8FNS. The van der Waals surface area contributed by atoms with E-state index in [2.05, 4.69) is 18.2 Å². The molecule has 0 unspecified atom stereocenters. The molecule has 0 aliphatic rings. The largest absolute Gasteiger partial charge is 0.247 e. The van der Waals surface area contributed by atoms with E-state index >= 15 is 0 Å². The maximum absolute atomic E-state index is 11.8. The molecule has 0 saturated carbocycles. The van der Waals surface area contributed by atoms with Crippen molar-refractivity contribution in [3.05, 3.63) is 36.4 Å². The number of aliphatic imine (C=N–C) groups is 1. The Kier molecular flexibility index (Phi) is 5.77. The molecule has 0 amide bonds. The predicted molar refractivity (Wildman–Crippen MR) is 45.7 cm³/mol. The van der Waals surface area contributed by atoms with Crippen LogP contribution < -0.4 is 0 Å². The van der Waals surface area contributed by atoms with Gasteiger partial charge in [-0.2, -0.15) is 3.89 Å². The van der Waals surface area contributed by atoms with E-state index in [9.17, 15) is 3.89 Å². The minimum absolute atomic E-state index is 0.0786. The number of rotatable bonds is 4. The monoisotopic (exact) mass is 157 g/mol. The highest BCUT2D eigenvalue weighted by Crippen LogP contribution is 2.16. The lowest BCUT2D eigenvalue weighted by Gasteiger charge is -1.86. The van der Waals surface area contributed by atoms with Gasteiger partial charge in [0.1, 0.15) is 17.2 Å². The molecule has 1 nitrogen and oxygen atoms in total. The number of hydrogen-bond acceptors (Lipinski definition) is 2. The van der Waals surface area contributed by atoms with E-state index in [-0.39, 0.29) is 17.2 Å².